The molecule has 1 unspecified atom stereocenters. The number of methoxy groups -OCH3 is 1. The maximum atomic E-state index is 16.0. The van der Waals surface area contributed by atoms with Crippen LogP contribution in [0.15, 0.2) is 64.6 Å². The number of nitrogens with one attached hydrogen (secondary N) is 2. The van der Waals surface area contributed by atoms with Crippen molar-refractivity contribution < 1.29 is 62.6 Å². The molecule has 2 aromatic carbocycles. The van der Waals surface area contributed by atoms with E-state index in [1.807, 2.05) is 15.7 Å². The number of rotatable bonds is 7. The normalized spacial score (nSPS) is 30.8. The van der Waals surface area contributed by atoms with Gasteiger partial charge in [-0.25, -0.2) is 4.39 Å². The standard InChI is InChI=1S/C59H71ClFN5O13/c1-27-12-11-13-28(2)58(75)63-45-48(64-20-16-35(17-21-64)62-36-18-22-65(26-36)47-39(61)24-38-46(44(47)60)66(37-14-15-37)25-29(3)50(38)69)54(73)41-42(53(45)72)52(71)33(7)56-43(41)57(74)59(9,79-56)77-23-19-40(76-10)30(4)55(78-34(8)67)32(6)51(70)31(5)49(27)68/h11-13,19,23-25,27,30-32,35-37,40,49,51,55,62,68,70-71H,14-18,20-22,26H2,1-10H3,(H,63,75)/b12-11+,23-19+,28-13-/t27-,30+,31+,32+,36?,40-,49-,51+,55+,59-/m0/s1. The lowest BCUT2D eigenvalue weighted by atomic mass is 9.78. The molecule has 0 spiro atoms. The summed E-state index contributed by atoms with van der Waals surface area (Å²) in [5.41, 5.74) is -0.586. The van der Waals surface area contributed by atoms with E-state index in [0.29, 0.717) is 43.4 Å². The van der Waals surface area contributed by atoms with E-state index in [1.54, 1.807) is 51.7 Å². The number of hydrogen-bond acceptors (Lipinski definition) is 16. The van der Waals surface area contributed by atoms with E-state index in [2.05, 4.69) is 10.6 Å². The molecule has 3 aromatic rings. The highest BCUT2D eigenvalue weighted by Gasteiger charge is 2.53. The van der Waals surface area contributed by atoms with Gasteiger partial charge >= 0.3 is 11.8 Å². The molecule has 5 N–H and O–H groups in total. The number of likely N-dealkylation sites (tertiary alicyclic amines) is 1. The third kappa shape index (κ3) is 10.5. The summed E-state index contributed by atoms with van der Waals surface area (Å²) in [5, 5.41) is 41.9. The lowest BCUT2D eigenvalue weighted by molar-refractivity contribution is -0.160. The number of allylic oxidation sites excluding steroid dienone is 4. The molecule has 1 saturated carbocycles. The molecule has 10 rings (SSSR count). The van der Waals surface area contributed by atoms with Gasteiger partial charge in [0, 0.05) is 112 Å². The number of aromatic nitrogens is 1. The number of phenols is 1. The Labute approximate surface area is 463 Å². The lowest BCUT2D eigenvalue weighted by Crippen LogP contribution is -2.49. The van der Waals surface area contributed by atoms with Gasteiger partial charge in [0.05, 0.1) is 62.9 Å². The molecular formula is C59H71ClFN5O13. The van der Waals surface area contributed by atoms with Crippen molar-refractivity contribution in [2.75, 3.05) is 38.2 Å². The first-order chi connectivity index (χ1) is 37.4. The third-order valence-electron chi connectivity index (χ3n) is 17.0. The van der Waals surface area contributed by atoms with E-state index >= 15 is 14.0 Å². The van der Waals surface area contributed by atoms with Gasteiger partial charge in [0.25, 0.3) is 11.7 Å². The predicted molar refractivity (Wildman–Crippen MR) is 293 cm³/mol. The van der Waals surface area contributed by atoms with Crippen LogP contribution in [0.2, 0.25) is 5.02 Å². The molecule has 18 nitrogen and oxygen atoms in total. The van der Waals surface area contributed by atoms with E-state index < -0.39 is 111 Å². The predicted octanol–water partition coefficient (Wildman–Crippen LogP) is 7.04. The number of anilines is 1. The van der Waals surface area contributed by atoms with Crippen molar-refractivity contribution >= 4 is 57.4 Å². The van der Waals surface area contributed by atoms with E-state index in [9.17, 15) is 34.5 Å². The number of Topliss-reactive ketones (excluding diaryl/α,β-unsaturated/α-hetero) is 3. The van der Waals surface area contributed by atoms with Gasteiger partial charge in [0.1, 0.15) is 34.8 Å². The van der Waals surface area contributed by atoms with Crippen molar-refractivity contribution in [3.8, 4) is 11.5 Å². The van der Waals surface area contributed by atoms with Crippen molar-refractivity contribution in [1.29, 1.82) is 0 Å². The van der Waals surface area contributed by atoms with Gasteiger partial charge in [-0.1, -0.05) is 57.5 Å². The number of aryl methyl sites for hydroxylation is 1. The number of esters is 1. The number of benzene rings is 2. The molecule has 79 heavy (non-hydrogen) atoms. The molecular weight excluding hydrogens is 1040 g/mol. The van der Waals surface area contributed by atoms with Crippen LogP contribution < -0.4 is 25.7 Å². The molecule has 1 amide bonds. The zero-order valence-corrected chi connectivity index (χ0v) is 47.0. The minimum Gasteiger partial charge on any atom is -0.507 e. The first-order valence-electron chi connectivity index (χ1n) is 27.2. The second-order valence-electron chi connectivity index (χ2n) is 22.6. The van der Waals surface area contributed by atoms with Crippen LogP contribution in [0.1, 0.15) is 129 Å². The Balaban J connectivity index is 1.02. The van der Waals surface area contributed by atoms with Gasteiger partial charge < -0.3 is 59.3 Å². The minimum absolute atomic E-state index is 0.0253. The third-order valence-corrected chi connectivity index (χ3v) is 17.4. The Morgan fingerprint density at radius 3 is 2.22 bits per heavy atom. The maximum absolute atomic E-state index is 16.0. The largest absolute Gasteiger partial charge is 0.507 e. The number of halogens is 2. The molecule has 0 radical (unpaired) electrons. The Kier molecular flexibility index (Phi) is 16.2. The van der Waals surface area contributed by atoms with Gasteiger partial charge in [-0.3, -0.25) is 28.8 Å². The van der Waals surface area contributed by atoms with Crippen LogP contribution >= 0.6 is 11.6 Å². The summed E-state index contributed by atoms with van der Waals surface area (Å²) in [6.07, 6.45) is 8.59. The second-order valence-corrected chi connectivity index (χ2v) is 22.9. The molecule has 1 aromatic heterocycles. The molecule has 3 fully saturated rings. The van der Waals surface area contributed by atoms with Gasteiger partial charge in [0.15, 0.2) is 5.43 Å². The van der Waals surface area contributed by atoms with Crippen LogP contribution in [-0.2, 0) is 23.8 Å². The minimum atomic E-state index is -2.14. The first kappa shape index (κ1) is 57.3. The highest BCUT2D eigenvalue weighted by atomic mass is 35.5. The van der Waals surface area contributed by atoms with Gasteiger partial charge in [0.2, 0.25) is 11.6 Å². The number of piperidine rings is 1. The lowest BCUT2D eigenvalue weighted by Gasteiger charge is -2.38. The summed E-state index contributed by atoms with van der Waals surface area (Å²) in [6.45, 7) is 15.5. The zero-order chi connectivity index (χ0) is 57.3. The number of phenolic OH excluding ortho intramolecular Hbond substituents is 1. The van der Waals surface area contributed by atoms with Crippen molar-refractivity contribution in [2.45, 2.75) is 143 Å². The molecule has 5 bridgehead atoms. The zero-order valence-electron chi connectivity index (χ0n) is 46.3. The number of aliphatic hydroxyl groups excluding tert-OH is 2. The number of aliphatic hydroxyl groups is 2. The molecule has 5 aliphatic heterocycles. The summed E-state index contributed by atoms with van der Waals surface area (Å²) < 4.78 is 41.9. The number of fused-ring (bicyclic) bond motifs is 15. The smallest absolute Gasteiger partial charge is 0.312 e. The average molecular weight is 1110 g/mol. The number of carbonyl (C=O) groups is 5. The summed E-state index contributed by atoms with van der Waals surface area (Å²) >= 11 is 7.03. The SMILES string of the molecule is CO[C@H]1/C=C/O[C@@]2(C)Oc3c(C)c(O)c4c(c3C2=O)C(=O)C(N2CCC(NC3CCN(c5c(F)cc6c(=O)c(C)cn(C7CC7)c6c5Cl)C3)CC2)=C(NC(=O)/C(C)=C\C=C\[C@H](C)[C@H](O)[C@@H](C)[C@@H](O)[C@@H](C)[C@H](OC(C)=O)[C@@H]1C)C4=O. The van der Waals surface area contributed by atoms with Gasteiger partial charge in [-0.05, 0) is 65.0 Å². The number of hydrogen-bond donors (Lipinski definition) is 5. The summed E-state index contributed by atoms with van der Waals surface area (Å²) in [5.74, 6) is -10.1. The molecule has 6 heterocycles. The molecule has 424 valence electrons. The summed E-state index contributed by atoms with van der Waals surface area (Å²) in [7, 11) is 1.42. The second kappa shape index (κ2) is 22.3. The number of nitrogens with zero attached hydrogens (tertiary/aromatic N) is 3. The number of amides is 1. The van der Waals surface area contributed by atoms with Crippen molar-refractivity contribution in [3.63, 3.8) is 0 Å². The van der Waals surface area contributed by atoms with Gasteiger partial charge in [-0.2, -0.15) is 0 Å². The van der Waals surface area contributed by atoms with Crippen molar-refractivity contribution in [3.05, 3.63) is 109 Å². The van der Waals surface area contributed by atoms with Crippen LogP contribution in [0.5, 0.6) is 11.5 Å². The van der Waals surface area contributed by atoms with Crippen LogP contribution in [0.3, 0.4) is 0 Å². The fourth-order valence-electron chi connectivity index (χ4n) is 12.2. The Bertz CT molecular complexity index is 3210. The molecule has 20 heteroatoms. The first-order valence-corrected chi connectivity index (χ1v) is 27.6. The van der Waals surface area contributed by atoms with Crippen LogP contribution in [0.25, 0.3) is 10.9 Å². The number of ketones is 3. The van der Waals surface area contributed by atoms with E-state index in [4.69, 9.17) is 30.5 Å². The number of aromatic hydroxyl groups is 1. The highest BCUT2D eigenvalue weighted by molar-refractivity contribution is 6.38. The topological polar surface area (TPSA) is 235 Å². The van der Waals surface area contributed by atoms with E-state index in [-0.39, 0.29) is 80.9 Å². The number of ether oxygens (including phenoxy) is 4. The van der Waals surface area contributed by atoms with Crippen LogP contribution in [0.4, 0.5) is 10.1 Å². The van der Waals surface area contributed by atoms with Crippen molar-refractivity contribution in [2.24, 2.45) is 23.7 Å². The quantitative estimate of drug-likeness (QED) is 0.149. The number of carbonyl (C=O) groups excluding carboxylic acids is 5. The van der Waals surface area contributed by atoms with Gasteiger partial charge in [-0.15, -0.1) is 0 Å². The monoisotopic (exact) mass is 1110 g/mol. The fraction of sp³-hybridized carbons (Fsp3) is 0.525. The van der Waals surface area contributed by atoms with Crippen LogP contribution in [-0.4, -0.2) is 130 Å². The molecule has 10 atom stereocenters. The van der Waals surface area contributed by atoms with E-state index in [1.165, 1.54) is 59.3 Å². The maximum Gasteiger partial charge on any atom is 0.312 e. The highest BCUT2D eigenvalue weighted by Crippen LogP contribution is 2.50. The van der Waals surface area contributed by atoms with Crippen LogP contribution in [0, 0.1) is 43.3 Å². The Morgan fingerprint density at radius 1 is 0.886 bits per heavy atom. The summed E-state index contributed by atoms with van der Waals surface area (Å²) in [6, 6.07) is 1.33. The number of pyridine rings is 1. The van der Waals surface area contributed by atoms with Crippen molar-refractivity contribution in [1.82, 2.24) is 20.1 Å². The van der Waals surface area contributed by atoms with E-state index in [0.717, 1.165) is 12.8 Å². The Morgan fingerprint density at radius 2 is 1.56 bits per heavy atom. The average Bonchev–Trinajstić information content (AvgIpc) is 4.01. The fourth-order valence-corrected chi connectivity index (χ4v) is 12.6. The molecule has 7 aliphatic rings. The molecule has 2 saturated heterocycles. The Hall–Kier alpha value is -6.38. The molecule has 2 aliphatic carbocycles. The summed E-state index contributed by atoms with van der Waals surface area (Å²) in [4.78, 5) is 88.6.